The molecule has 1 nitrogen and oxygen atoms in total. The standard InChI is InChI=1S/C66H45NS/c1-66(52-19-3-2-4-20-52)61-26-10-7-22-57(61)58-40-35-49(43-62(58)66)46-33-38-54(39-34-46)67(63-27-11-8-21-55(63)51-30-29-44-15-5-6-16-47(44)42-51)53-36-31-45(32-37-53)48-17-13-18-50(41-48)56-24-14-25-60-59-23-9-12-28-64(59)68-65(56)60/h2-43H,1H3. The minimum Gasteiger partial charge on any atom is -0.310 e. The van der Waals surface area contributed by atoms with E-state index in [-0.39, 0.29) is 5.41 Å². The maximum atomic E-state index is 2.43. The van der Waals surface area contributed by atoms with Crippen LogP contribution in [0, 0.1) is 0 Å². The highest BCUT2D eigenvalue weighted by Crippen LogP contribution is 2.53. The Morgan fingerprint density at radius 1 is 0.338 bits per heavy atom. The molecule has 0 saturated heterocycles. The molecule has 0 radical (unpaired) electrons. The normalized spacial score (nSPS) is 14.0. The highest BCUT2D eigenvalue weighted by Gasteiger charge is 2.40. The maximum Gasteiger partial charge on any atom is 0.0540 e. The van der Waals surface area contributed by atoms with E-state index >= 15 is 0 Å². The second-order valence-corrected chi connectivity index (χ2v) is 19.2. The first kappa shape index (κ1) is 40.0. The Labute approximate surface area is 401 Å². The number of para-hydroxylation sites is 1. The lowest BCUT2D eigenvalue weighted by atomic mass is 9.74. The molecular formula is C66H45NS. The van der Waals surface area contributed by atoms with Crippen LogP contribution < -0.4 is 4.90 Å². The van der Waals surface area contributed by atoms with Gasteiger partial charge in [-0.2, -0.15) is 0 Å². The largest absolute Gasteiger partial charge is 0.310 e. The van der Waals surface area contributed by atoms with E-state index in [0.717, 1.165) is 17.1 Å². The Morgan fingerprint density at radius 3 is 1.71 bits per heavy atom. The van der Waals surface area contributed by atoms with Crippen LogP contribution >= 0.6 is 11.3 Å². The Bertz CT molecular complexity index is 3860. The third-order valence-corrected chi connectivity index (χ3v) is 15.6. The van der Waals surface area contributed by atoms with Crippen molar-refractivity contribution in [1.29, 1.82) is 0 Å². The molecule has 320 valence electrons. The van der Waals surface area contributed by atoms with Gasteiger partial charge in [0.2, 0.25) is 0 Å². The number of hydrogen-bond donors (Lipinski definition) is 0. The van der Waals surface area contributed by atoms with E-state index in [0.29, 0.717) is 0 Å². The van der Waals surface area contributed by atoms with Gasteiger partial charge in [-0.3, -0.25) is 0 Å². The van der Waals surface area contributed by atoms with Crippen molar-refractivity contribution in [1.82, 2.24) is 0 Å². The summed E-state index contributed by atoms with van der Waals surface area (Å²) in [5.74, 6) is 0. The number of thiophene rings is 1. The number of rotatable bonds is 8. The van der Waals surface area contributed by atoms with Crippen molar-refractivity contribution in [3.8, 4) is 55.6 Å². The fourth-order valence-electron chi connectivity index (χ4n) is 10.9. The van der Waals surface area contributed by atoms with E-state index in [2.05, 4.69) is 267 Å². The first-order chi connectivity index (χ1) is 33.6. The fourth-order valence-corrected chi connectivity index (χ4v) is 12.1. The van der Waals surface area contributed by atoms with Crippen molar-refractivity contribution < 1.29 is 0 Å². The third-order valence-electron chi connectivity index (χ3n) is 14.4. The molecule has 68 heavy (non-hydrogen) atoms. The van der Waals surface area contributed by atoms with E-state index in [1.165, 1.54) is 103 Å². The van der Waals surface area contributed by atoms with Crippen molar-refractivity contribution >= 4 is 59.3 Å². The third kappa shape index (κ3) is 6.60. The van der Waals surface area contributed by atoms with Gasteiger partial charge in [0.15, 0.2) is 0 Å². The van der Waals surface area contributed by atoms with Crippen LogP contribution in [0.25, 0.3) is 86.6 Å². The van der Waals surface area contributed by atoms with Gasteiger partial charge in [-0.15, -0.1) is 11.3 Å². The monoisotopic (exact) mass is 883 g/mol. The second kappa shape index (κ2) is 16.2. The quantitative estimate of drug-likeness (QED) is 0.147. The van der Waals surface area contributed by atoms with Gasteiger partial charge in [0, 0.05) is 42.5 Å². The topological polar surface area (TPSA) is 3.24 Å². The summed E-state index contributed by atoms with van der Waals surface area (Å²) in [6, 6.07) is 94.0. The van der Waals surface area contributed by atoms with E-state index in [1.54, 1.807) is 0 Å². The average Bonchev–Trinajstić information content (AvgIpc) is 3.92. The molecule has 1 unspecified atom stereocenters. The molecule has 0 N–H and O–H groups in total. The van der Waals surface area contributed by atoms with Crippen LogP contribution in [0.15, 0.2) is 255 Å². The summed E-state index contributed by atoms with van der Waals surface area (Å²) in [6.45, 7) is 2.39. The van der Waals surface area contributed by atoms with Crippen LogP contribution in [-0.4, -0.2) is 0 Å². The number of anilines is 3. The van der Waals surface area contributed by atoms with E-state index in [9.17, 15) is 0 Å². The number of hydrogen-bond acceptors (Lipinski definition) is 2. The molecule has 0 saturated carbocycles. The number of nitrogens with zero attached hydrogens (tertiary/aromatic N) is 1. The van der Waals surface area contributed by atoms with E-state index < -0.39 is 0 Å². The zero-order chi connectivity index (χ0) is 45.2. The molecule has 12 aromatic rings. The summed E-state index contributed by atoms with van der Waals surface area (Å²) in [5, 5.41) is 5.11. The summed E-state index contributed by atoms with van der Waals surface area (Å²) in [4.78, 5) is 2.42. The molecule has 13 rings (SSSR count). The SMILES string of the molecule is CC1(c2ccccc2)c2ccccc2-c2ccc(-c3ccc(N(c4ccc(-c5cccc(-c6cccc7c6sc6ccccc67)c5)cc4)c4ccccc4-c4ccc5ccccc5c4)cc3)cc21. The summed E-state index contributed by atoms with van der Waals surface area (Å²) < 4.78 is 2.66. The van der Waals surface area contributed by atoms with Crippen molar-refractivity contribution in [2.45, 2.75) is 12.3 Å². The highest BCUT2D eigenvalue weighted by molar-refractivity contribution is 7.26. The molecule has 1 aliphatic carbocycles. The minimum atomic E-state index is -0.257. The first-order valence-corrected chi connectivity index (χ1v) is 24.3. The molecule has 0 aliphatic heterocycles. The van der Waals surface area contributed by atoms with E-state index in [4.69, 9.17) is 0 Å². The van der Waals surface area contributed by atoms with E-state index in [1.807, 2.05) is 11.3 Å². The molecule has 0 fully saturated rings. The maximum absolute atomic E-state index is 2.43. The van der Waals surface area contributed by atoms with Crippen molar-refractivity contribution in [2.75, 3.05) is 4.90 Å². The van der Waals surface area contributed by atoms with Crippen LogP contribution in [0.4, 0.5) is 17.1 Å². The zero-order valence-corrected chi connectivity index (χ0v) is 38.4. The molecule has 11 aromatic carbocycles. The van der Waals surface area contributed by atoms with Gasteiger partial charge in [0.05, 0.1) is 5.69 Å². The van der Waals surface area contributed by atoms with Gasteiger partial charge >= 0.3 is 0 Å². The highest BCUT2D eigenvalue weighted by atomic mass is 32.1. The van der Waals surface area contributed by atoms with Gasteiger partial charge < -0.3 is 4.90 Å². The second-order valence-electron chi connectivity index (χ2n) is 18.2. The van der Waals surface area contributed by atoms with Gasteiger partial charge in [-0.25, -0.2) is 0 Å². The summed E-state index contributed by atoms with van der Waals surface area (Å²) in [5.41, 5.74) is 19.3. The summed E-state index contributed by atoms with van der Waals surface area (Å²) in [7, 11) is 0. The smallest absolute Gasteiger partial charge is 0.0540 e. The van der Waals surface area contributed by atoms with Crippen LogP contribution in [0.5, 0.6) is 0 Å². The number of benzene rings is 11. The Morgan fingerprint density at radius 2 is 0.897 bits per heavy atom. The minimum absolute atomic E-state index is 0.257. The molecule has 1 heterocycles. The summed E-state index contributed by atoms with van der Waals surface area (Å²) in [6.07, 6.45) is 0. The Hall–Kier alpha value is -8.30. The van der Waals surface area contributed by atoms with Gasteiger partial charge in [-0.1, -0.05) is 200 Å². The molecule has 0 spiro atoms. The molecule has 1 aromatic heterocycles. The molecule has 0 amide bonds. The predicted octanol–water partition coefficient (Wildman–Crippen LogP) is 18.7. The van der Waals surface area contributed by atoms with Crippen LogP contribution in [0.1, 0.15) is 23.6 Å². The number of fused-ring (bicyclic) bond motifs is 7. The molecule has 2 heteroatoms. The molecule has 0 bridgehead atoms. The lowest BCUT2D eigenvalue weighted by Gasteiger charge is -2.29. The van der Waals surface area contributed by atoms with Crippen LogP contribution in [0.2, 0.25) is 0 Å². The molecular weight excluding hydrogens is 839 g/mol. The van der Waals surface area contributed by atoms with Crippen molar-refractivity contribution in [3.05, 3.63) is 271 Å². The lowest BCUT2D eigenvalue weighted by molar-refractivity contribution is 0.714. The van der Waals surface area contributed by atoms with Gasteiger partial charge in [0.1, 0.15) is 0 Å². The summed E-state index contributed by atoms with van der Waals surface area (Å²) >= 11 is 1.88. The zero-order valence-electron chi connectivity index (χ0n) is 37.6. The fraction of sp³-hybridized carbons (Fsp3) is 0.0303. The van der Waals surface area contributed by atoms with Gasteiger partial charge in [-0.05, 0) is 139 Å². The lowest BCUT2D eigenvalue weighted by Crippen LogP contribution is -2.22. The Balaban J connectivity index is 0.897. The average molecular weight is 884 g/mol. The molecule has 1 aliphatic rings. The predicted molar refractivity (Wildman–Crippen MR) is 291 cm³/mol. The van der Waals surface area contributed by atoms with Crippen LogP contribution in [0.3, 0.4) is 0 Å². The Kier molecular flexibility index (Phi) is 9.56. The molecule has 1 atom stereocenters. The van der Waals surface area contributed by atoms with Crippen molar-refractivity contribution in [3.63, 3.8) is 0 Å². The first-order valence-electron chi connectivity index (χ1n) is 23.5. The van der Waals surface area contributed by atoms with Gasteiger partial charge in [0.25, 0.3) is 0 Å². The van der Waals surface area contributed by atoms with Crippen molar-refractivity contribution in [2.24, 2.45) is 0 Å². The van der Waals surface area contributed by atoms with Crippen LogP contribution in [-0.2, 0) is 5.41 Å².